The van der Waals surface area contributed by atoms with Crippen LogP contribution in [0.5, 0.6) is 0 Å². The smallest absolute Gasteiger partial charge is 0.0640 e. The Bertz CT molecular complexity index is 320. The molecule has 0 aliphatic heterocycles. The van der Waals surface area contributed by atoms with E-state index in [9.17, 15) is 0 Å². The largest absolute Gasteiger partial charge is 0.323 e. The molecule has 0 heterocycles. The van der Waals surface area contributed by atoms with Crippen molar-refractivity contribution in [3.8, 4) is 0 Å². The molecule has 0 spiro atoms. The second kappa shape index (κ2) is 6.61. The molecule has 0 aromatic heterocycles. The Morgan fingerprint density at radius 1 is 1.47 bits per heavy atom. The fraction of sp³-hybridized carbons (Fsp3) is 0.400. The van der Waals surface area contributed by atoms with E-state index in [4.69, 9.17) is 28.9 Å². The molecule has 84 valence electrons. The van der Waals surface area contributed by atoms with Gasteiger partial charge in [-0.15, -0.1) is 0 Å². The van der Waals surface area contributed by atoms with Crippen LogP contribution in [-0.4, -0.2) is 12.3 Å². The highest BCUT2D eigenvalue weighted by molar-refractivity contribution is 7.97. The predicted octanol–water partition coefficient (Wildman–Crippen LogP) is 3.25. The van der Waals surface area contributed by atoms with Crippen molar-refractivity contribution in [3.63, 3.8) is 0 Å². The summed E-state index contributed by atoms with van der Waals surface area (Å²) in [6, 6.07) is 5.39. The molecule has 0 amide bonds. The van der Waals surface area contributed by atoms with Gasteiger partial charge in [0.25, 0.3) is 0 Å². The van der Waals surface area contributed by atoms with E-state index in [1.54, 1.807) is 18.0 Å². The van der Waals surface area contributed by atoms with Gasteiger partial charge in [0.1, 0.15) is 0 Å². The summed E-state index contributed by atoms with van der Waals surface area (Å²) in [5, 5.41) is 1.10. The monoisotopic (exact) mass is 264 g/mol. The molecule has 1 unspecified atom stereocenters. The molecule has 0 saturated carbocycles. The van der Waals surface area contributed by atoms with E-state index in [-0.39, 0.29) is 6.04 Å². The number of nitrogens with two attached hydrogens (primary N) is 1. The molecule has 1 aromatic carbocycles. The lowest BCUT2D eigenvalue weighted by Crippen LogP contribution is -2.23. The van der Waals surface area contributed by atoms with Crippen LogP contribution in [0.1, 0.15) is 18.5 Å². The molecular weight excluding hydrogens is 251 g/mol. The molecule has 5 heteroatoms. The lowest BCUT2D eigenvalue weighted by molar-refractivity contribution is 0.709. The van der Waals surface area contributed by atoms with Crippen molar-refractivity contribution in [2.75, 3.05) is 12.3 Å². The maximum Gasteiger partial charge on any atom is 0.0640 e. The zero-order valence-corrected chi connectivity index (χ0v) is 10.8. The maximum absolute atomic E-state index is 6.05. The van der Waals surface area contributed by atoms with Gasteiger partial charge in [0.15, 0.2) is 0 Å². The third kappa shape index (κ3) is 3.85. The van der Waals surface area contributed by atoms with E-state index in [1.807, 2.05) is 12.1 Å². The Morgan fingerprint density at radius 3 is 2.87 bits per heavy atom. The highest BCUT2D eigenvalue weighted by Gasteiger charge is 2.11. The lowest BCUT2D eigenvalue weighted by atomic mass is 10.1. The van der Waals surface area contributed by atoms with Crippen molar-refractivity contribution in [3.05, 3.63) is 33.8 Å². The highest BCUT2D eigenvalue weighted by Crippen LogP contribution is 2.28. The Hall–Kier alpha value is 0.0700. The van der Waals surface area contributed by atoms with Gasteiger partial charge in [-0.05, 0) is 11.6 Å². The first-order chi connectivity index (χ1) is 7.16. The predicted molar refractivity (Wildman–Crippen MR) is 69.5 cm³/mol. The average molecular weight is 265 g/mol. The third-order valence-corrected chi connectivity index (χ3v) is 3.42. The first-order valence-corrected chi connectivity index (χ1v) is 6.45. The minimum absolute atomic E-state index is 0.129. The number of hydrogen-bond acceptors (Lipinski definition) is 3. The summed E-state index contributed by atoms with van der Waals surface area (Å²) in [4.78, 5) is 0. The van der Waals surface area contributed by atoms with E-state index < -0.39 is 0 Å². The maximum atomic E-state index is 6.05. The standard InChI is InChI=1S/C10H14Cl2N2S/c1-2-15-14-6-9(13)7-4-3-5-8(11)10(7)12/h3-5,9,14H,2,6,13H2,1H3. The van der Waals surface area contributed by atoms with Crippen molar-refractivity contribution >= 4 is 35.1 Å². The van der Waals surface area contributed by atoms with Gasteiger partial charge in [-0.2, -0.15) is 0 Å². The molecule has 15 heavy (non-hydrogen) atoms. The van der Waals surface area contributed by atoms with Gasteiger partial charge in [-0.3, -0.25) is 4.72 Å². The van der Waals surface area contributed by atoms with Gasteiger partial charge in [0, 0.05) is 18.3 Å². The van der Waals surface area contributed by atoms with Gasteiger partial charge in [-0.25, -0.2) is 0 Å². The zero-order chi connectivity index (χ0) is 11.3. The fourth-order valence-corrected chi connectivity index (χ4v) is 2.12. The molecule has 2 nitrogen and oxygen atoms in total. The first kappa shape index (κ1) is 13.1. The average Bonchev–Trinajstić information content (AvgIpc) is 2.22. The van der Waals surface area contributed by atoms with E-state index in [0.29, 0.717) is 16.6 Å². The van der Waals surface area contributed by atoms with Gasteiger partial charge in [0.05, 0.1) is 10.0 Å². The summed E-state index contributed by atoms with van der Waals surface area (Å²) in [6.45, 7) is 2.76. The Labute approximate surface area is 105 Å². The van der Waals surface area contributed by atoms with Crippen LogP contribution in [-0.2, 0) is 0 Å². The minimum Gasteiger partial charge on any atom is -0.323 e. The molecule has 3 N–H and O–H groups in total. The summed E-state index contributed by atoms with van der Waals surface area (Å²) in [7, 11) is 0. The number of benzene rings is 1. The van der Waals surface area contributed by atoms with E-state index in [1.165, 1.54) is 0 Å². The number of rotatable bonds is 5. The van der Waals surface area contributed by atoms with Crippen LogP contribution in [0.2, 0.25) is 10.0 Å². The molecular formula is C10H14Cl2N2S. The molecule has 1 aromatic rings. The summed E-state index contributed by atoms with van der Waals surface area (Å²) < 4.78 is 3.17. The van der Waals surface area contributed by atoms with E-state index in [2.05, 4.69) is 11.6 Å². The second-order valence-corrected chi connectivity index (χ2v) is 4.97. The summed E-state index contributed by atoms with van der Waals surface area (Å²) in [5.41, 5.74) is 6.87. The highest BCUT2D eigenvalue weighted by atomic mass is 35.5. The molecule has 0 aliphatic rings. The third-order valence-electron chi connectivity index (χ3n) is 1.93. The summed E-state index contributed by atoms with van der Waals surface area (Å²) in [5.74, 6) is 1.01. The summed E-state index contributed by atoms with van der Waals surface area (Å²) in [6.07, 6.45) is 0. The molecule has 0 bridgehead atoms. The Kier molecular flexibility index (Phi) is 5.79. The van der Waals surface area contributed by atoms with Crippen LogP contribution in [0, 0.1) is 0 Å². The molecule has 0 fully saturated rings. The Balaban J connectivity index is 2.65. The fourth-order valence-electron chi connectivity index (χ4n) is 1.17. The van der Waals surface area contributed by atoms with Crippen LogP contribution < -0.4 is 10.5 Å². The van der Waals surface area contributed by atoms with Crippen molar-refractivity contribution in [1.82, 2.24) is 4.72 Å². The van der Waals surface area contributed by atoms with Crippen molar-refractivity contribution in [1.29, 1.82) is 0 Å². The minimum atomic E-state index is -0.129. The molecule has 1 atom stereocenters. The van der Waals surface area contributed by atoms with Crippen LogP contribution in [0.4, 0.5) is 0 Å². The topological polar surface area (TPSA) is 38.0 Å². The molecule has 0 aliphatic carbocycles. The Morgan fingerprint density at radius 2 is 2.20 bits per heavy atom. The van der Waals surface area contributed by atoms with E-state index >= 15 is 0 Å². The van der Waals surface area contributed by atoms with Gasteiger partial charge >= 0.3 is 0 Å². The van der Waals surface area contributed by atoms with E-state index in [0.717, 1.165) is 11.3 Å². The zero-order valence-electron chi connectivity index (χ0n) is 8.47. The van der Waals surface area contributed by atoms with Gasteiger partial charge < -0.3 is 5.73 Å². The van der Waals surface area contributed by atoms with Gasteiger partial charge in [-0.1, -0.05) is 54.2 Å². The molecule has 0 saturated heterocycles. The quantitative estimate of drug-likeness (QED) is 0.634. The van der Waals surface area contributed by atoms with Gasteiger partial charge in [0.2, 0.25) is 0 Å². The van der Waals surface area contributed by atoms with Crippen molar-refractivity contribution in [2.45, 2.75) is 13.0 Å². The van der Waals surface area contributed by atoms with Crippen LogP contribution in [0.3, 0.4) is 0 Å². The molecule has 1 rings (SSSR count). The van der Waals surface area contributed by atoms with Crippen LogP contribution in [0.25, 0.3) is 0 Å². The van der Waals surface area contributed by atoms with Crippen molar-refractivity contribution < 1.29 is 0 Å². The first-order valence-electron chi connectivity index (χ1n) is 4.71. The molecule has 0 radical (unpaired) electrons. The van der Waals surface area contributed by atoms with Crippen molar-refractivity contribution in [2.24, 2.45) is 5.73 Å². The number of hydrogen-bond donors (Lipinski definition) is 2. The normalized spacial score (nSPS) is 12.8. The second-order valence-electron chi connectivity index (χ2n) is 3.03. The number of halogens is 2. The number of nitrogens with one attached hydrogen (secondary N) is 1. The van der Waals surface area contributed by atoms with Crippen LogP contribution >= 0.6 is 35.1 Å². The summed E-state index contributed by atoms with van der Waals surface area (Å²) >= 11 is 13.6. The SMILES string of the molecule is CCSNCC(N)c1cccc(Cl)c1Cl. The van der Waals surface area contributed by atoms with Crippen LogP contribution in [0.15, 0.2) is 18.2 Å². The lowest BCUT2D eigenvalue weighted by Gasteiger charge is -2.14.